The summed E-state index contributed by atoms with van der Waals surface area (Å²) in [6.45, 7) is 3.98. The molecule has 0 saturated carbocycles. The van der Waals surface area contributed by atoms with Gasteiger partial charge in [-0.1, -0.05) is 15.9 Å². The summed E-state index contributed by atoms with van der Waals surface area (Å²) in [5.41, 5.74) is 2.17. The van der Waals surface area contributed by atoms with Gasteiger partial charge in [-0.25, -0.2) is 9.37 Å². The Balaban J connectivity index is 2.27. The largest absolute Gasteiger partial charge is 0.439 e. The number of pyridine rings is 1. The van der Waals surface area contributed by atoms with Gasteiger partial charge in [0.05, 0.1) is 6.20 Å². The van der Waals surface area contributed by atoms with Crippen LogP contribution in [0.3, 0.4) is 0 Å². The molecule has 0 bridgehead atoms. The highest BCUT2D eigenvalue weighted by Crippen LogP contribution is 2.28. The molecule has 0 aliphatic rings. The predicted molar refractivity (Wildman–Crippen MR) is 67.9 cm³/mol. The number of benzene rings is 1. The fourth-order valence-electron chi connectivity index (χ4n) is 1.51. The van der Waals surface area contributed by atoms with Crippen molar-refractivity contribution in [3.05, 3.63) is 51.9 Å². The molecule has 88 valence electrons. The van der Waals surface area contributed by atoms with Crippen molar-refractivity contribution in [1.29, 1.82) is 0 Å². The first-order chi connectivity index (χ1) is 8.06. The highest BCUT2D eigenvalue weighted by molar-refractivity contribution is 9.10. The van der Waals surface area contributed by atoms with E-state index in [9.17, 15) is 4.39 Å². The Morgan fingerprint density at radius 3 is 2.35 bits per heavy atom. The summed E-state index contributed by atoms with van der Waals surface area (Å²) in [5, 5.41) is 0. The Kier molecular flexibility index (Phi) is 3.43. The third kappa shape index (κ3) is 2.82. The standard InChI is InChI=1S/C13H11BrFNO/c1-8-5-11(6-9(2)13(8)14)17-12-4-3-10(15)7-16-12/h3-7H,1-2H3. The Morgan fingerprint density at radius 2 is 1.82 bits per heavy atom. The van der Waals surface area contributed by atoms with Gasteiger partial charge in [-0.15, -0.1) is 0 Å². The van der Waals surface area contributed by atoms with Crippen LogP contribution in [0, 0.1) is 19.7 Å². The monoisotopic (exact) mass is 295 g/mol. The van der Waals surface area contributed by atoms with Crippen molar-refractivity contribution in [2.45, 2.75) is 13.8 Å². The lowest BCUT2D eigenvalue weighted by atomic mass is 10.1. The van der Waals surface area contributed by atoms with Crippen LogP contribution in [0.25, 0.3) is 0 Å². The molecule has 0 unspecified atom stereocenters. The van der Waals surface area contributed by atoms with E-state index in [1.165, 1.54) is 12.1 Å². The number of halogens is 2. The summed E-state index contributed by atoms with van der Waals surface area (Å²) in [6.07, 6.45) is 1.13. The van der Waals surface area contributed by atoms with Crippen LogP contribution in [0.15, 0.2) is 34.9 Å². The maximum atomic E-state index is 12.7. The molecule has 0 aliphatic heterocycles. The molecular formula is C13H11BrFNO. The summed E-state index contributed by atoms with van der Waals surface area (Å²) in [4.78, 5) is 3.85. The van der Waals surface area contributed by atoms with Crippen LogP contribution in [0.1, 0.15) is 11.1 Å². The van der Waals surface area contributed by atoms with Crippen molar-refractivity contribution < 1.29 is 9.13 Å². The van der Waals surface area contributed by atoms with Gasteiger partial charge < -0.3 is 4.74 Å². The summed E-state index contributed by atoms with van der Waals surface area (Å²) < 4.78 is 19.3. The number of hydrogen-bond donors (Lipinski definition) is 0. The summed E-state index contributed by atoms with van der Waals surface area (Å²) >= 11 is 3.49. The first-order valence-electron chi connectivity index (χ1n) is 5.12. The molecule has 0 amide bonds. The molecule has 1 aromatic heterocycles. The first kappa shape index (κ1) is 12.0. The summed E-state index contributed by atoms with van der Waals surface area (Å²) in [5.74, 6) is 0.704. The molecule has 0 N–H and O–H groups in total. The Morgan fingerprint density at radius 1 is 1.18 bits per heavy atom. The highest BCUT2D eigenvalue weighted by atomic mass is 79.9. The molecule has 2 rings (SSSR count). The second-order valence-electron chi connectivity index (χ2n) is 3.79. The van der Waals surface area contributed by atoms with Gasteiger partial charge in [0.15, 0.2) is 0 Å². The van der Waals surface area contributed by atoms with Gasteiger partial charge in [-0.2, -0.15) is 0 Å². The van der Waals surface area contributed by atoms with Crippen LogP contribution >= 0.6 is 15.9 Å². The predicted octanol–water partition coefficient (Wildman–Crippen LogP) is 4.39. The second-order valence-corrected chi connectivity index (χ2v) is 4.58. The molecule has 0 saturated heterocycles. The van der Waals surface area contributed by atoms with Gasteiger partial charge in [-0.3, -0.25) is 0 Å². The van der Waals surface area contributed by atoms with Crippen molar-refractivity contribution in [3.8, 4) is 11.6 Å². The lowest BCUT2D eigenvalue weighted by molar-refractivity contribution is 0.458. The van der Waals surface area contributed by atoms with Gasteiger partial charge in [0.1, 0.15) is 11.6 Å². The van der Waals surface area contributed by atoms with Crippen molar-refractivity contribution in [1.82, 2.24) is 4.98 Å². The van der Waals surface area contributed by atoms with E-state index < -0.39 is 0 Å². The molecule has 4 heteroatoms. The van der Waals surface area contributed by atoms with Gasteiger partial charge in [-0.05, 0) is 43.2 Å². The number of rotatable bonds is 2. The van der Waals surface area contributed by atoms with Gasteiger partial charge in [0, 0.05) is 10.5 Å². The topological polar surface area (TPSA) is 22.1 Å². The normalized spacial score (nSPS) is 10.4. The Hall–Kier alpha value is -1.42. The lowest BCUT2D eigenvalue weighted by Crippen LogP contribution is -1.90. The minimum atomic E-state index is -0.375. The second kappa shape index (κ2) is 4.84. The van der Waals surface area contributed by atoms with Gasteiger partial charge in [0.25, 0.3) is 0 Å². The Bertz CT molecular complexity index is 517. The van der Waals surface area contributed by atoms with E-state index in [-0.39, 0.29) is 5.82 Å². The van der Waals surface area contributed by atoms with Crippen LogP contribution in [-0.4, -0.2) is 4.98 Å². The quantitative estimate of drug-likeness (QED) is 0.820. The van der Waals surface area contributed by atoms with E-state index in [2.05, 4.69) is 20.9 Å². The maximum absolute atomic E-state index is 12.7. The fourth-order valence-corrected chi connectivity index (χ4v) is 1.74. The number of hydrogen-bond acceptors (Lipinski definition) is 2. The Labute approximate surface area is 108 Å². The molecular weight excluding hydrogens is 285 g/mol. The van der Waals surface area contributed by atoms with E-state index >= 15 is 0 Å². The third-order valence-corrected chi connectivity index (χ3v) is 3.58. The van der Waals surface area contributed by atoms with Crippen molar-refractivity contribution in [2.24, 2.45) is 0 Å². The van der Waals surface area contributed by atoms with Crippen molar-refractivity contribution in [3.63, 3.8) is 0 Å². The first-order valence-corrected chi connectivity index (χ1v) is 5.92. The fraction of sp³-hybridized carbons (Fsp3) is 0.154. The molecule has 2 nitrogen and oxygen atoms in total. The number of aryl methyl sites for hydroxylation is 2. The van der Waals surface area contributed by atoms with Gasteiger partial charge in [0.2, 0.25) is 5.88 Å². The van der Waals surface area contributed by atoms with Gasteiger partial charge >= 0.3 is 0 Å². The average molecular weight is 296 g/mol. The zero-order valence-electron chi connectivity index (χ0n) is 9.50. The van der Waals surface area contributed by atoms with E-state index in [0.717, 1.165) is 21.8 Å². The smallest absolute Gasteiger partial charge is 0.219 e. The molecule has 0 spiro atoms. The van der Waals surface area contributed by atoms with E-state index in [1.54, 1.807) is 0 Å². The van der Waals surface area contributed by atoms with Crippen LogP contribution in [0.4, 0.5) is 4.39 Å². The SMILES string of the molecule is Cc1cc(Oc2ccc(F)cn2)cc(C)c1Br. The minimum Gasteiger partial charge on any atom is -0.439 e. The zero-order valence-corrected chi connectivity index (χ0v) is 11.1. The zero-order chi connectivity index (χ0) is 12.4. The molecule has 1 heterocycles. The van der Waals surface area contributed by atoms with Crippen molar-refractivity contribution >= 4 is 15.9 Å². The van der Waals surface area contributed by atoms with Crippen LogP contribution < -0.4 is 4.74 Å². The average Bonchev–Trinajstić information content (AvgIpc) is 2.29. The summed E-state index contributed by atoms with van der Waals surface area (Å²) in [6, 6.07) is 6.63. The lowest BCUT2D eigenvalue weighted by Gasteiger charge is -2.08. The molecule has 0 fully saturated rings. The van der Waals surface area contributed by atoms with Crippen molar-refractivity contribution in [2.75, 3.05) is 0 Å². The molecule has 0 atom stereocenters. The van der Waals surface area contributed by atoms with Crippen LogP contribution in [0.5, 0.6) is 11.6 Å². The molecule has 1 aromatic carbocycles. The third-order valence-electron chi connectivity index (χ3n) is 2.33. The molecule has 17 heavy (non-hydrogen) atoms. The number of ether oxygens (including phenoxy) is 1. The van der Waals surface area contributed by atoms with Crippen LogP contribution in [0.2, 0.25) is 0 Å². The van der Waals surface area contributed by atoms with Crippen LogP contribution in [-0.2, 0) is 0 Å². The number of nitrogens with zero attached hydrogens (tertiary/aromatic N) is 1. The van der Waals surface area contributed by atoms with E-state index in [4.69, 9.17) is 4.74 Å². The maximum Gasteiger partial charge on any atom is 0.219 e. The molecule has 0 radical (unpaired) electrons. The highest BCUT2D eigenvalue weighted by Gasteiger charge is 2.05. The molecule has 2 aromatic rings. The summed E-state index contributed by atoms with van der Waals surface area (Å²) in [7, 11) is 0. The number of aromatic nitrogens is 1. The van der Waals surface area contributed by atoms with E-state index in [0.29, 0.717) is 11.6 Å². The molecule has 0 aliphatic carbocycles. The van der Waals surface area contributed by atoms with E-state index in [1.807, 2.05) is 26.0 Å². The minimum absolute atomic E-state index is 0.375.